The molecule has 2 aromatic rings. The second-order valence-electron chi connectivity index (χ2n) is 6.97. The van der Waals surface area contributed by atoms with Gasteiger partial charge in [-0.2, -0.15) is 5.26 Å². The summed E-state index contributed by atoms with van der Waals surface area (Å²) in [7, 11) is 0. The number of anilines is 2. The maximum atomic E-state index is 12.5. The summed E-state index contributed by atoms with van der Waals surface area (Å²) in [6.07, 6.45) is -1.02. The number of rotatable bonds is 5. The molecule has 148 valence electrons. The first-order chi connectivity index (χ1) is 13.9. The Morgan fingerprint density at radius 3 is 2.59 bits per heavy atom. The first-order valence-corrected chi connectivity index (χ1v) is 9.26. The molecule has 0 saturated carbocycles. The van der Waals surface area contributed by atoms with Crippen LogP contribution in [0.3, 0.4) is 0 Å². The van der Waals surface area contributed by atoms with Gasteiger partial charge in [0.05, 0.1) is 17.2 Å². The number of benzene rings is 2. The van der Waals surface area contributed by atoms with Gasteiger partial charge < -0.3 is 15.0 Å². The molecule has 7 heteroatoms. The van der Waals surface area contributed by atoms with Crippen LogP contribution in [-0.2, 0) is 19.1 Å². The molecule has 1 aliphatic heterocycles. The third-order valence-electron chi connectivity index (χ3n) is 4.77. The number of hydrogen-bond acceptors (Lipinski definition) is 5. The van der Waals surface area contributed by atoms with Crippen LogP contribution in [0.25, 0.3) is 0 Å². The van der Waals surface area contributed by atoms with Crippen molar-refractivity contribution in [3.63, 3.8) is 0 Å². The molecule has 1 saturated heterocycles. The molecule has 2 aromatic carbocycles. The van der Waals surface area contributed by atoms with Crippen LogP contribution in [0.4, 0.5) is 11.4 Å². The van der Waals surface area contributed by atoms with E-state index in [2.05, 4.69) is 5.32 Å². The van der Waals surface area contributed by atoms with E-state index in [-0.39, 0.29) is 18.9 Å². The van der Waals surface area contributed by atoms with Crippen LogP contribution in [0.2, 0.25) is 0 Å². The van der Waals surface area contributed by atoms with Gasteiger partial charge in [-0.05, 0) is 38.1 Å². The molecule has 1 fully saturated rings. The number of hydrogen-bond donors (Lipinski definition) is 1. The molecule has 7 nitrogen and oxygen atoms in total. The first kappa shape index (κ1) is 20.1. The molecule has 1 N–H and O–H groups in total. The molecule has 1 aliphatic rings. The van der Waals surface area contributed by atoms with Gasteiger partial charge in [0.2, 0.25) is 5.91 Å². The molecule has 29 heavy (non-hydrogen) atoms. The van der Waals surface area contributed by atoms with E-state index in [1.54, 1.807) is 29.2 Å². The van der Waals surface area contributed by atoms with Crippen molar-refractivity contribution in [1.29, 1.82) is 5.26 Å². The summed E-state index contributed by atoms with van der Waals surface area (Å²) in [4.78, 5) is 38.7. The maximum absolute atomic E-state index is 12.5. The summed E-state index contributed by atoms with van der Waals surface area (Å²) in [5, 5.41) is 11.7. The number of carbonyl (C=O) groups excluding carboxylic acids is 3. The van der Waals surface area contributed by atoms with Crippen molar-refractivity contribution >= 4 is 29.2 Å². The fourth-order valence-electron chi connectivity index (χ4n) is 3.09. The SMILES string of the molecule is Cc1ccc(N2C[C@@H](C(=O)O[C@@H](C)C(=O)Nc3ccccc3C#N)CC2=O)cc1. The van der Waals surface area contributed by atoms with Crippen molar-refractivity contribution in [2.24, 2.45) is 5.92 Å². The highest BCUT2D eigenvalue weighted by molar-refractivity contribution is 6.00. The van der Waals surface area contributed by atoms with Gasteiger partial charge in [-0.25, -0.2) is 0 Å². The molecule has 0 bridgehead atoms. The largest absolute Gasteiger partial charge is 0.452 e. The first-order valence-electron chi connectivity index (χ1n) is 9.26. The Labute approximate surface area is 168 Å². The van der Waals surface area contributed by atoms with Gasteiger partial charge >= 0.3 is 5.97 Å². The van der Waals surface area contributed by atoms with Crippen molar-refractivity contribution < 1.29 is 19.1 Å². The number of nitrogens with zero attached hydrogens (tertiary/aromatic N) is 2. The lowest BCUT2D eigenvalue weighted by atomic mass is 10.1. The topological polar surface area (TPSA) is 99.5 Å². The van der Waals surface area contributed by atoms with E-state index >= 15 is 0 Å². The van der Waals surface area contributed by atoms with Gasteiger partial charge in [0.15, 0.2) is 6.10 Å². The van der Waals surface area contributed by atoms with Crippen molar-refractivity contribution in [2.75, 3.05) is 16.8 Å². The Hall–Kier alpha value is -3.66. The molecule has 2 amide bonds. The van der Waals surface area contributed by atoms with Gasteiger partial charge in [-0.3, -0.25) is 14.4 Å². The third-order valence-corrected chi connectivity index (χ3v) is 4.77. The van der Waals surface area contributed by atoms with Crippen molar-refractivity contribution in [3.05, 3.63) is 59.7 Å². The van der Waals surface area contributed by atoms with Crippen molar-refractivity contribution in [1.82, 2.24) is 0 Å². The molecule has 0 aromatic heterocycles. The van der Waals surface area contributed by atoms with Crippen LogP contribution in [0.5, 0.6) is 0 Å². The lowest BCUT2D eigenvalue weighted by Crippen LogP contribution is -2.33. The molecule has 2 atom stereocenters. The number of ether oxygens (including phenoxy) is 1. The number of nitriles is 1. The summed E-state index contributed by atoms with van der Waals surface area (Å²) >= 11 is 0. The number of aryl methyl sites for hydroxylation is 1. The Balaban J connectivity index is 1.59. The lowest BCUT2D eigenvalue weighted by molar-refractivity contribution is -0.157. The molecule has 0 radical (unpaired) electrons. The number of esters is 1. The van der Waals surface area contributed by atoms with E-state index in [0.29, 0.717) is 11.3 Å². The Morgan fingerprint density at radius 1 is 1.21 bits per heavy atom. The standard InChI is InChI=1S/C22H21N3O4/c1-14-7-9-18(10-8-14)25-13-17(11-20(25)26)22(28)29-15(2)21(27)24-19-6-4-3-5-16(19)12-23/h3-10,15,17H,11,13H2,1-2H3,(H,24,27)/t15-,17-/m0/s1. The lowest BCUT2D eigenvalue weighted by Gasteiger charge is -2.18. The minimum atomic E-state index is -1.06. The smallest absolute Gasteiger partial charge is 0.312 e. The number of carbonyl (C=O) groups is 3. The van der Waals surface area contributed by atoms with E-state index in [4.69, 9.17) is 10.00 Å². The van der Waals surface area contributed by atoms with Gasteiger partial charge in [-0.15, -0.1) is 0 Å². The number of amides is 2. The zero-order valence-corrected chi connectivity index (χ0v) is 16.2. The average Bonchev–Trinajstić information content (AvgIpc) is 3.10. The quantitative estimate of drug-likeness (QED) is 0.790. The second kappa shape index (κ2) is 8.57. The summed E-state index contributed by atoms with van der Waals surface area (Å²) in [6.45, 7) is 3.63. The van der Waals surface area contributed by atoms with Crippen LogP contribution in [0, 0.1) is 24.2 Å². The van der Waals surface area contributed by atoms with Gasteiger partial charge in [0.25, 0.3) is 5.91 Å². The highest BCUT2D eigenvalue weighted by atomic mass is 16.5. The van der Waals surface area contributed by atoms with Gasteiger partial charge in [0, 0.05) is 18.7 Å². The van der Waals surface area contributed by atoms with Crippen molar-refractivity contribution in [2.45, 2.75) is 26.4 Å². The van der Waals surface area contributed by atoms with Crippen LogP contribution < -0.4 is 10.2 Å². The summed E-state index contributed by atoms with van der Waals surface area (Å²) < 4.78 is 5.28. The van der Waals surface area contributed by atoms with E-state index < -0.39 is 23.9 Å². The monoisotopic (exact) mass is 391 g/mol. The Bertz CT molecular complexity index is 978. The normalized spacial score (nSPS) is 16.8. The van der Waals surface area contributed by atoms with Crippen LogP contribution in [-0.4, -0.2) is 30.4 Å². The number of nitrogens with one attached hydrogen (secondary N) is 1. The van der Waals surface area contributed by atoms with Gasteiger partial charge in [-0.1, -0.05) is 29.8 Å². The molecule has 0 spiro atoms. The van der Waals surface area contributed by atoms with E-state index in [1.807, 2.05) is 37.3 Å². The van der Waals surface area contributed by atoms with Crippen molar-refractivity contribution in [3.8, 4) is 6.07 Å². The predicted molar refractivity (Wildman–Crippen MR) is 107 cm³/mol. The molecule has 3 rings (SSSR count). The minimum absolute atomic E-state index is 0.0400. The fraction of sp³-hybridized carbons (Fsp3) is 0.273. The van der Waals surface area contributed by atoms with Crippen LogP contribution >= 0.6 is 0 Å². The Morgan fingerprint density at radius 2 is 1.90 bits per heavy atom. The molecular formula is C22H21N3O4. The summed E-state index contributed by atoms with van der Waals surface area (Å²) in [5.74, 6) is -1.92. The summed E-state index contributed by atoms with van der Waals surface area (Å²) in [5.41, 5.74) is 2.47. The maximum Gasteiger partial charge on any atom is 0.312 e. The molecule has 1 heterocycles. The van der Waals surface area contributed by atoms with Crippen LogP contribution in [0.15, 0.2) is 48.5 Å². The zero-order chi connectivity index (χ0) is 21.0. The van der Waals surface area contributed by atoms with E-state index in [0.717, 1.165) is 11.3 Å². The summed E-state index contributed by atoms with van der Waals surface area (Å²) in [6, 6.07) is 16.0. The highest BCUT2D eigenvalue weighted by Gasteiger charge is 2.37. The number of para-hydroxylation sites is 1. The minimum Gasteiger partial charge on any atom is -0.452 e. The molecular weight excluding hydrogens is 370 g/mol. The van der Waals surface area contributed by atoms with E-state index in [1.165, 1.54) is 6.92 Å². The molecule has 0 unspecified atom stereocenters. The highest BCUT2D eigenvalue weighted by Crippen LogP contribution is 2.26. The van der Waals surface area contributed by atoms with E-state index in [9.17, 15) is 14.4 Å². The zero-order valence-electron chi connectivity index (χ0n) is 16.2. The fourth-order valence-corrected chi connectivity index (χ4v) is 3.09. The molecule has 0 aliphatic carbocycles. The van der Waals surface area contributed by atoms with Crippen LogP contribution in [0.1, 0.15) is 24.5 Å². The third kappa shape index (κ3) is 4.61. The average molecular weight is 391 g/mol. The Kier molecular flexibility index (Phi) is 5.93. The van der Waals surface area contributed by atoms with Gasteiger partial charge in [0.1, 0.15) is 6.07 Å². The predicted octanol–water partition coefficient (Wildman–Crippen LogP) is 2.79. The second-order valence-corrected chi connectivity index (χ2v) is 6.97.